The van der Waals surface area contributed by atoms with E-state index in [0.717, 1.165) is 16.8 Å². The van der Waals surface area contributed by atoms with Crippen LogP contribution in [-0.4, -0.2) is 31.3 Å². The van der Waals surface area contributed by atoms with Crippen molar-refractivity contribution in [3.05, 3.63) is 48.5 Å². The first-order valence-electron chi connectivity index (χ1n) is 5.82. The van der Waals surface area contributed by atoms with Gasteiger partial charge in [0.2, 0.25) is 0 Å². The Labute approximate surface area is 107 Å². The molecule has 0 bridgehead atoms. The monoisotopic (exact) mass is 241 g/mol. The van der Waals surface area contributed by atoms with Gasteiger partial charge in [-0.1, -0.05) is 36.4 Å². The largest absolute Gasteiger partial charge is 0.488 e. The first-order valence-corrected chi connectivity index (χ1v) is 5.82. The lowest BCUT2D eigenvalue weighted by atomic mass is 9.80. The third kappa shape index (κ3) is 2.72. The van der Waals surface area contributed by atoms with Gasteiger partial charge in [0.25, 0.3) is 0 Å². The average molecular weight is 241 g/mol. The highest BCUT2D eigenvalue weighted by Gasteiger charge is 2.09. The number of anilines is 1. The Hall–Kier alpha value is -1.78. The third-order valence-electron chi connectivity index (χ3n) is 2.93. The van der Waals surface area contributed by atoms with E-state index in [1.807, 2.05) is 26.2 Å². The minimum absolute atomic E-state index is 0.503. The molecule has 4 heteroatoms. The SMILES string of the molecule is CN(C)c1ccc(-c2ccc(B(O)O)cc2)cc1. The van der Waals surface area contributed by atoms with Crippen LogP contribution in [0.3, 0.4) is 0 Å². The van der Waals surface area contributed by atoms with Crippen molar-refractivity contribution in [3.8, 4) is 11.1 Å². The molecule has 0 fully saturated rings. The van der Waals surface area contributed by atoms with E-state index >= 15 is 0 Å². The molecule has 0 unspecified atom stereocenters. The summed E-state index contributed by atoms with van der Waals surface area (Å²) < 4.78 is 0. The summed E-state index contributed by atoms with van der Waals surface area (Å²) in [6.45, 7) is 0. The summed E-state index contributed by atoms with van der Waals surface area (Å²) in [5.74, 6) is 0. The molecule has 92 valence electrons. The number of nitrogens with zero attached hydrogens (tertiary/aromatic N) is 1. The van der Waals surface area contributed by atoms with Crippen LogP contribution in [-0.2, 0) is 0 Å². The molecule has 3 nitrogen and oxygen atoms in total. The van der Waals surface area contributed by atoms with Crippen LogP contribution in [0, 0.1) is 0 Å². The summed E-state index contributed by atoms with van der Waals surface area (Å²) in [6, 6.07) is 15.5. The molecule has 0 spiro atoms. The van der Waals surface area contributed by atoms with E-state index in [1.54, 1.807) is 12.1 Å². The Bertz CT molecular complexity index is 457. The second-order valence-electron chi connectivity index (χ2n) is 4.44. The lowest BCUT2D eigenvalue weighted by molar-refractivity contribution is 0.426. The molecule has 0 aliphatic carbocycles. The topological polar surface area (TPSA) is 43.7 Å². The zero-order valence-electron chi connectivity index (χ0n) is 10.5. The van der Waals surface area contributed by atoms with Crippen LogP contribution in [0.4, 0.5) is 5.69 Å². The zero-order chi connectivity index (χ0) is 13.1. The normalized spacial score (nSPS) is 10.2. The predicted molar refractivity (Wildman–Crippen MR) is 76.0 cm³/mol. The van der Waals surface area contributed by atoms with E-state index in [-0.39, 0.29) is 0 Å². The summed E-state index contributed by atoms with van der Waals surface area (Å²) in [5.41, 5.74) is 3.83. The summed E-state index contributed by atoms with van der Waals surface area (Å²) in [5, 5.41) is 18.1. The average Bonchev–Trinajstić information content (AvgIpc) is 2.39. The Morgan fingerprint density at radius 1 is 0.778 bits per heavy atom. The molecule has 0 saturated carbocycles. The lowest BCUT2D eigenvalue weighted by Crippen LogP contribution is -2.29. The van der Waals surface area contributed by atoms with Crippen LogP contribution in [0.25, 0.3) is 11.1 Å². The molecule has 2 aromatic carbocycles. The Kier molecular flexibility index (Phi) is 3.70. The van der Waals surface area contributed by atoms with E-state index in [4.69, 9.17) is 10.0 Å². The fraction of sp³-hybridized carbons (Fsp3) is 0.143. The smallest absolute Gasteiger partial charge is 0.423 e. The van der Waals surface area contributed by atoms with E-state index in [0.29, 0.717) is 5.46 Å². The first-order chi connectivity index (χ1) is 8.58. The van der Waals surface area contributed by atoms with Crippen LogP contribution >= 0.6 is 0 Å². The van der Waals surface area contributed by atoms with Crippen molar-refractivity contribution >= 4 is 18.3 Å². The molecule has 0 aliphatic rings. The number of rotatable bonds is 3. The van der Waals surface area contributed by atoms with E-state index in [1.165, 1.54) is 0 Å². The van der Waals surface area contributed by atoms with Crippen molar-refractivity contribution in [3.63, 3.8) is 0 Å². The van der Waals surface area contributed by atoms with Gasteiger partial charge in [0, 0.05) is 19.8 Å². The summed E-state index contributed by atoms with van der Waals surface area (Å²) in [4.78, 5) is 2.05. The minimum atomic E-state index is -1.41. The van der Waals surface area contributed by atoms with Crippen molar-refractivity contribution in [1.29, 1.82) is 0 Å². The van der Waals surface area contributed by atoms with Crippen molar-refractivity contribution in [2.75, 3.05) is 19.0 Å². The van der Waals surface area contributed by atoms with Gasteiger partial charge in [-0.25, -0.2) is 0 Å². The van der Waals surface area contributed by atoms with Crippen molar-refractivity contribution in [1.82, 2.24) is 0 Å². The zero-order valence-corrected chi connectivity index (χ0v) is 10.5. The number of hydrogen-bond acceptors (Lipinski definition) is 3. The van der Waals surface area contributed by atoms with Gasteiger partial charge in [-0.2, -0.15) is 0 Å². The van der Waals surface area contributed by atoms with Crippen LogP contribution in [0.5, 0.6) is 0 Å². The summed E-state index contributed by atoms with van der Waals surface area (Å²) in [7, 11) is 2.61. The molecule has 2 aromatic rings. The number of benzene rings is 2. The van der Waals surface area contributed by atoms with Crippen LogP contribution in [0.15, 0.2) is 48.5 Å². The van der Waals surface area contributed by atoms with Crippen molar-refractivity contribution < 1.29 is 10.0 Å². The highest BCUT2D eigenvalue weighted by atomic mass is 16.4. The minimum Gasteiger partial charge on any atom is -0.423 e. The predicted octanol–water partition coefficient (Wildman–Crippen LogP) is 1.10. The maximum absolute atomic E-state index is 9.03. The molecule has 0 saturated heterocycles. The quantitative estimate of drug-likeness (QED) is 0.791. The second kappa shape index (κ2) is 5.25. The number of hydrogen-bond donors (Lipinski definition) is 2. The molecular weight excluding hydrogens is 225 g/mol. The van der Waals surface area contributed by atoms with Gasteiger partial charge >= 0.3 is 7.12 Å². The van der Waals surface area contributed by atoms with Gasteiger partial charge < -0.3 is 14.9 Å². The maximum Gasteiger partial charge on any atom is 0.488 e. The van der Waals surface area contributed by atoms with E-state index in [9.17, 15) is 0 Å². The highest BCUT2D eigenvalue weighted by Crippen LogP contribution is 2.21. The molecule has 0 aliphatic heterocycles. The second-order valence-corrected chi connectivity index (χ2v) is 4.44. The molecule has 0 radical (unpaired) electrons. The van der Waals surface area contributed by atoms with Gasteiger partial charge in [-0.15, -0.1) is 0 Å². The van der Waals surface area contributed by atoms with Crippen LogP contribution in [0.2, 0.25) is 0 Å². The molecule has 0 amide bonds. The van der Waals surface area contributed by atoms with Gasteiger partial charge in [0.05, 0.1) is 0 Å². The van der Waals surface area contributed by atoms with E-state index < -0.39 is 7.12 Å². The van der Waals surface area contributed by atoms with Crippen LogP contribution < -0.4 is 10.4 Å². The summed E-state index contributed by atoms with van der Waals surface area (Å²) >= 11 is 0. The maximum atomic E-state index is 9.03. The van der Waals surface area contributed by atoms with Gasteiger partial charge in [-0.05, 0) is 28.7 Å². The fourth-order valence-electron chi connectivity index (χ4n) is 1.80. The van der Waals surface area contributed by atoms with Gasteiger partial charge in [0.1, 0.15) is 0 Å². The Balaban J connectivity index is 2.25. The van der Waals surface area contributed by atoms with E-state index in [2.05, 4.69) is 29.2 Å². The van der Waals surface area contributed by atoms with Gasteiger partial charge in [-0.3, -0.25) is 0 Å². The summed E-state index contributed by atoms with van der Waals surface area (Å²) in [6.07, 6.45) is 0. The molecule has 0 aromatic heterocycles. The molecule has 2 rings (SSSR count). The van der Waals surface area contributed by atoms with Crippen LogP contribution in [0.1, 0.15) is 0 Å². The third-order valence-corrected chi connectivity index (χ3v) is 2.93. The lowest BCUT2D eigenvalue weighted by Gasteiger charge is -2.12. The molecule has 2 N–H and O–H groups in total. The first kappa shape index (κ1) is 12.7. The molecule has 0 heterocycles. The molecule has 0 atom stereocenters. The van der Waals surface area contributed by atoms with Gasteiger partial charge in [0.15, 0.2) is 0 Å². The van der Waals surface area contributed by atoms with Crippen molar-refractivity contribution in [2.45, 2.75) is 0 Å². The Morgan fingerprint density at radius 3 is 1.61 bits per heavy atom. The Morgan fingerprint density at radius 2 is 1.22 bits per heavy atom. The van der Waals surface area contributed by atoms with Crippen molar-refractivity contribution in [2.24, 2.45) is 0 Å². The molecular formula is C14H16BNO2. The standard InChI is InChI=1S/C14H16BNO2/c1-16(2)14-9-5-12(6-10-14)11-3-7-13(8-4-11)15(17)18/h3-10,17-18H,1-2H3. The highest BCUT2D eigenvalue weighted by molar-refractivity contribution is 6.58. The molecule has 18 heavy (non-hydrogen) atoms. The fourth-order valence-corrected chi connectivity index (χ4v) is 1.80.